The van der Waals surface area contributed by atoms with E-state index in [1.807, 2.05) is 0 Å². The topological polar surface area (TPSA) is 127 Å². The van der Waals surface area contributed by atoms with E-state index in [2.05, 4.69) is 4.72 Å². The Hall–Kier alpha value is -1.89. The molecule has 0 saturated carbocycles. The molecule has 0 spiro atoms. The maximum absolute atomic E-state index is 12.9. The Kier molecular flexibility index (Phi) is 6.73. The van der Waals surface area contributed by atoms with Gasteiger partial charge in [0.15, 0.2) is 0 Å². The van der Waals surface area contributed by atoms with Crippen LogP contribution in [0.25, 0.3) is 0 Å². The monoisotopic (exact) mass is 482 g/mol. The van der Waals surface area contributed by atoms with E-state index in [-0.39, 0.29) is 12.0 Å². The number of halogens is 3. The molecule has 0 radical (unpaired) electrons. The number of allylic oxidation sites excluding steroid dienone is 2. The second kappa shape index (κ2) is 8.23. The molecule has 0 bridgehead atoms. The smallest absolute Gasteiger partial charge is 0.416 e. The molecule has 0 heterocycles. The minimum atomic E-state index is -4.65. The van der Waals surface area contributed by atoms with Crippen LogP contribution in [0.2, 0.25) is 0 Å². The van der Waals surface area contributed by atoms with Gasteiger partial charge in [0, 0.05) is 0 Å². The molecule has 2 atom stereocenters. The average Bonchev–Trinajstić information content (AvgIpc) is 2.58. The van der Waals surface area contributed by atoms with Crippen LogP contribution >= 0.6 is 0 Å². The summed E-state index contributed by atoms with van der Waals surface area (Å²) in [7, 11) is -8.35. The summed E-state index contributed by atoms with van der Waals surface area (Å²) in [6.07, 6.45) is 0.746. The van der Waals surface area contributed by atoms with Gasteiger partial charge < -0.3 is 5.11 Å². The van der Waals surface area contributed by atoms with Gasteiger partial charge in [0.2, 0.25) is 20.0 Å². The first-order valence-corrected chi connectivity index (χ1v) is 12.4. The second-order valence-electron chi connectivity index (χ2n) is 8.38. The van der Waals surface area contributed by atoms with Gasteiger partial charge in [-0.3, -0.25) is 0 Å². The molecule has 0 saturated heterocycles. The molecule has 4 N–H and O–H groups in total. The molecular formula is C19H25F3N2O5S2. The molecule has 7 nitrogen and oxygen atoms in total. The Bertz CT molecular complexity index is 1100. The molecule has 0 amide bonds. The van der Waals surface area contributed by atoms with E-state index in [1.165, 1.54) is 24.3 Å². The third-order valence-corrected chi connectivity index (χ3v) is 7.80. The predicted octanol–water partition coefficient (Wildman–Crippen LogP) is 2.44. The van der Waals surface area contributed by atoms with Gasteiger partial charge in [-0.1, -0.05) is 51.1 Å². The van der Waals surface area contributed by atoms with Crippen LogP contribution in [0, 0.1) is 5.41 Å². The molecule has 31 heavy (non-hydrogen) atoms. The number of hydrogen-bond donors (Lipinski definition) is 3. The van der Waals surface area contributed by atoms with Crippen LogP contribution in [0.1, 0.15) is 31.9 Å². The van der Waals surface area contributed by atoms with E-state index in [0.29, 0.717) is 6.07 Å². The van der Waals surface area contributed by atoms with Gasteiger partial charge in [-0.05, 0) is 29.5 Å². The number of nitrogens with two attached hydrogens (primary N) is 1. The second-order valence-corrected chi connectivity index (χ2v) is 11.9. The number of rotatable bonds is 6. The first kappa shape index (κ1) is 25.4. The Morgan fingerprint density at radius 3 is 2.23 bits per heavy atom. The van der Waals surface area contributed by atoms with E-state index < -0.39 is 59.5 Å². The van der Waals surface area contributed by atoms with Crippen molar-refractivity contribution in [2.45, 2.75) is 44.2 Å². The minimum Gasteiger partial charge on any atom is -0.508 e. The zero-order valence-corrected chi connectivity index (χ0v) is 18.8. The SMILES string of the molecule is CC(C)(C)C1(NS(=O)(=O)CCc2ccc(C(F)(F)F)cc2O)C=CC=CC1S(N)(=O)=O. The van der Waals surface area contributed by atoms with Crippen molar-refractivity contribution in [3.8, 4) is 5.75 Å². The molecule has 1 aliphatic rings. The largest absolute Gasteiger partial charge is 0.508 e. The summed E-state index contributed by atoms with van der Waals surface area (Å²) in [4.78, 5) is 0. The van der Waals surface area contributed by atoms with Gasteiger partial charge in [-0.2, -0.15) is 13.2 Å². The van der Waals surface area contributed by atoms with Crippen LogP contribution < -0.4 is 9.86 Å². The first-order valence-electron chi connectivity index (χ1n) is 9.17. The van der Waals surface area contributed by atoms with Crippen LogP contribution in [0.4, 0.5) is 13.2 Å². The number of benzene rings is 1. The third kappa shape index (κ3) is 5.68. The quantitative estimate of drug-likeness (QED) is 0.574. The standard InChI is InChI=1S/C19H25F3N2O5S2/c1-17(2,3)18(10-5-4-6-16(18)31(23,28)29)24-30(26,27)11-9-13-7-8-14(12-15(13)25)19(20,21)22/h4-8,10,12,16,24-25H,9,11H2,1-3H3,(H2,23,28,29). The number of aromatic hydroxyl groups is 1. The first-order chi connectivity index (χ1) is 13.9. The highest BCUT2D eigenvalue weighted by Gasteiger charge is 2.52. The summed E-state index contributed by atoms with van der Waals surface area (Å²) in [5.74, 6) is -1.28. The highest BCUT2D eigenvalue weighted by atomic mass is 32.2. The lowest BCUT2D eigenvalue weighted by molar-refractivity contribution is -0.137. The van der Waals surface area contributed by atoms with Gasteiger partial charge in [0.1, 0.15) is 11.0 Å². The third-order valence-electron chi connectivity index (χ3n) is 5.18. The number of aryl methyl sites for hydroxylation is 1. The molecule has 2 unspecified atom stereocenters. The van der Waals surface area contributed by atoms with Crippen molar-refractivity contribution in [2.75, 3.05) is 5.75 Å². The zero-order chi connectivity index (χ0) is 23.9. The highest BCUT2D eigenvalue weighted by molar-refractivity contribution is 7.90. The van der Waals surface area contributed by atoms with Crippen molar-refractivity contribution < 1.29 is 35.1 Å². The molecular weight excluding hydrogens is 457 g/mol. The van der Waals surface area contributed by atoms with Crippen LogP contribution in [-0.2, 0) is 32.6 Å². The van der Waals surface area contributed by atoms with E-state index in [0.717, 1.165) is 12.1 Å². The van der Waals surface area contributed by atoms with E-state index in [9.17, 15) is 35.1 Å². The molecule has 1 aliphatic carbocycles. The summed E-state index contributed by atoms with van der Waals surface area (Å²) in [6, 6.07) is 2.28. The van der Waals surface area contributed by atoms with Crippen LogP contribution in [0.5, 0.6) is 5.75 Å². The fourth-order valence-electron chi connectivity index (χ4n) is 3.41. The van der Waals surface area contributed by atoms with Gasteiger partial charge in [-0.25, -0.2) is 26.7 Å². The van der Waals surface area contributed by atoms with Crippen molar-refractivity contribution in [1.29, 1.82) is 0 Å². The summed E-state index contributed by atoms with van der Waals surface area (Å²) in [5.41, 5.74) is -3.58. The van der Waals surface area contributed by atoms with Gasteiger partial charge in [-0.15, -0.1) is 0 Å². The Morgan fingerprint density at radius 1 is 1.13 bits per heavy atom. The average molecular weight is 483 g/mol. The molecule has 0 aliphatic heterocycles. The summed E-state index contributed by atoms with van der Waals surface area (Å²) in [5, 5.41) is 13.9. The molecule has 2 rings (SSSR count). The maximum atomic E-state index is 12.9. The van der Waals surface area contributed by atoms with E-state index >= 15 is 0 Å². The van der Waals surface area contributed by atoms with Gasteiger partial charge in [0.25, 0.3) is 0 Å². The fourth-order valence-corrected chi connectivity index (χ4v) is 6.41. The van der Waals surface area contributed by atoms with Crippen molar-refractivity contribution in [1.82, 2.24) is 4.72 Å². The number of primary sulfonamides is 1. The molecule has 0 aromatic heterocycles. The van der Waals surface area contributed by atoms with Crippen LogP contribution in [-0.4, -0.2) is 38.5 Å². The number of phenolic OH excluding ortho intramolecular Hbond substituents is 1. The molecule has 174 valence electrons. The van der Waals surface area contributed by atoms with Crippen LogP contribution in [0.3, 0.4) is 0 Å². The number of nitrogens with one attached hydrogen (secondary N) is 1. The highest BCUT2D eigenvalue weighted by Crippen LogP contribution is 2.40. The number of alkyl halides is 3. The molecule has 1 aromatic rings. The molecule has 1 aromatic carbocycles. The predicted molar refractivity (Wildman–Crippen MR) is 111 cm³/mol. The number of phenols is 1. The summed E-state index contributed by atoms with van der Waals surface area (Å²) >= 11 is 0. The fraction of sp³-hybridized carbons (Fsp3) is 0.474. The summed E-state index contributed by atoms with van der Waals surface area (Å²) < 4.78 is 90.8. The lowest BCUT2D eigenvalue weighted by Gasteiger charge is -2.47. The lowest BCUT2D eigenvalue weighted by Crippen LogP contribution is -2.66. The Morgan fingerprint density at radius 2 is 1.74 bits per heavy atom. The van der Waals surface area contributed by atoms with Crippen molar-refractivity contribution in [3.63, 3.8) is 0 Å². The normalized spacial score (nSPS) is 22.6. The minimum absolute atomic E-state index is 0.00487. The van der Waals surface area contributed by atoms with E-state index in [4.69, 9.17) is 5.14 Å². The number of hydrogen-bond acceptors (Lipinski definition) is 5. The Labute approximate surface area is 179 Å². The summed E-state index contributed by atoms with van der Waals surface area (Å²) in [6.45, 7) is 4.96. The zero-order valence-electron chi connectivity index (χ0n) is 17.1. The number of sulfonamides is 2. The molecule has 0 fully saturated rings. The molecule has 12 heteroatoms. The van der Waals surface area contributed by atoms with E-state index in [1.54, 1.807) is 20.8 Å². The lowest BCUT2D eigenvalue weighted by atomic mass is 9.70. The van der Waals surface area contributed by atoms with Gasteiger partial charge >= 0.3 is 6.18 Å². The maximum Gasteiger partial charge on any atom is 0.416 e. The van der Waals surface area contributed by atoms with Crippen LogP contribution in [0.15, 0.2) is 42.5 Å². The Balaban J connectivity index is 2.33. The van der Waals surface area contributed by atoms with Gasteiger partial charge in [0.05, 0.1) is 16.9 Å². The van der Waals surface area contributed by atoms with Crippen molar-refractivity contribution >= 4 is 20.0 Å². The van der Waals surface area contributed by atoms with Crippen molar-refractivity contribution in [3.05, 3.63) is 53.6 Å². The van der Waals surface area contributed by atoms with Crippen molar-refractivity contribution in [2.24, 2.45) is 10.6 Å².